The molecule has 0 radical (unpaired) electrons. The first-order valence-electron chi connectivity index (χ1n) is 8.76. The van der Waals surface area contributed by atoms with E-state index in [0.29, 0.717) is 12.3 Å². The van der Waals surface area contributed by atoms with Gasteiger partial charge in [-0.15, -0.1) is 0 Å². The smallest absolute Gasteiger partial charge is 0.227 e. The van der Waals surface area contributed by atoms with Crippen LogP contribution in [-0.4, -0.2) is 25.0 Å². The summed E-state index contributed by atoms with van der Waals surface area (Å²) in [6.45, 7) is 2.21. The van der Waals surface area contributed by atoms with E-state index >= 15 is 0 Å². The SMILES string of the molecule is COc1cccc(CC(=O)N(C)C2c3cc(N)ccc3CC[C@H]2C)c1. The zero-order valence-corrected chi connectivity index (χ0v) is 15.2. The van der Waals surface area contributed by atoms with E-state index in [1.807, 2.05) is 48.3 Å². The zero-order valence-electron chi connectivity index (χ0n) is 15.2. The van der Waals surface area contributed by atoms with Crippen LogP contribution >= 0.6 is 0 Å². The van der Waals surface area contributed by atoms with Crippen molar-refractivity contribution in [3.05, 3.63) is 59.2 Å². The second kappa shape index (κ2) is 7.18. The minimum atomic E-state index is 0.0744. The van der Waals surface area contributed by atoms with Crippen molar-refractivity contribution in [2.24, 2.45) is 5.92 Å². The number of nitrogen functional groups attached to an aromatic ring is 1. The van der Waals surface area contributed by atoms with Gasteiger partial charge in [0.25, 0.3) is 0 Å². The molecule has 0 spiro atoms. The molecule has 4 heteroatoms. The molecule has 1 aliphatic rings. The summed E-state index contributed by atoms with van der Waals surface area (Å²) in [5.74, 6) is 1.30. The number of aryl methyl sites for hydroxylation is 1. The molecule has 25 heavy (non-hydrogen) atoms. The van der Waals surface area contributed by atoms with Crippen molar-refractivity contribution in [2.45, 2.75) is 32.2 Å². The summed E-state index contributed by atoms with van der Waals surface area (Å²) in [5.41, 5.74) is 10.2. The molecule has 0 aromatic heterocycles. The third kappa shape index (κ3) is 3.63. The maximum absolute atomic E-state index is 12.9. The van der Waals surface area contributed by atoms with Gasteiger partial charge in [-0.2, -0.15) is 0 Å². The Kier molecular flexibility index (Phi) is 4.98. The summed E-state index contributed by atoms with van der Waals surface area (Å²) in [4.78, 5) is 14.8. The topological polar surface area (TPSA) is 55.6 Å². The summed E-state index contributed by atoms with van der Waals surface area (Å²) in [6.07, 6.45) is 2.50. The van der Waals surface area contributed by atoms with Gasteiger partial charge in [-0.25, -0.2) is 0 Å². The molecule has 0 saturated carbocycles. The summed E-state index contributed by atoms with van der Waals surface area (Å²) >= 11 is 0. The Morgan fingerprint density at radius 1 is 1.28 bits per heavy atom. The van der Waals surface area contributed by atoms with E-state index in [9.17, 15) is 4.79 Å². The Morgan fingerprint density at radius 3 is 2.84 bits per heavy atom. The molecular formula is C21H26N2O2. The summed E-state index contributed by atoms with van der Waals surface area (Å²) in [6, 6.07) is 13.8. The van der Waals surface area contributed by atoms with Gasteiger partial charge in [0.1, 0.15) is 5.75 Å². The average molecular weight is 338 g/mol. The number of fused-ring (bicyclic) bond motifs is 1. The van der Waals surface area contributed by atoms with E-state index in [0.717, 1.165) is 29.8 Å². The van der Waals surface area contributed by atoms with E-state index in [-0.39, 0.29) is 11.9 Å². The van der Waals surface area contributed by atoms with Crippen LogP contribution in [0.5, 0.6) is 5.75 Å². The predicted octanol–water partition coefficient (Wildman–Crippen LogP) is 3.60. The number of methoxy groups -OCH3 is 1. The minimum Gasteiger partial charge on any atom is -0.497 e. The molecule has 0 fully saturated rings. The van der Waals surface area contributed by atoms with Gasteiger partial charge in [0.2, 0.25) is 5.91 Å². The van der Waals surface area contributed by atoms with Crippen molar-refractivity contribution in [1.82, 2.24) is 4.90 Å². The highest BCUT2D eigenvalue weighted by Crippen LogP contribution is 2.39. The first-order valence-corrected chi connectivity index (χ1v) is 8.76. The number of rotatable bonds is 4. The number of carbonyl (C=O) groups excluding carboxylic acids is 1. The Balaban J connectivity index is 1.83. The molecule has 2 N–H and O–H groups in total. The van der Waals surface area contributed by atoms with Crippen molar-refractivity contribution < 1.29 is 9.53 Å². The molecule has 0 saturated heterocycles. The molecule has 3 rings (SSSR count). The molecular weight excluding hydrogens is 312 g/mol. The molecule has 2 aromatic carbocycles. The lowest BCUT2D eigenvalue weighted by molar-refractivity contribution is -0.132. The van der Waals surface area contributed by atoms with Crippen LogP contribution in [0.2, 0.25) is 0 Å². The highest BCUT2D eigenvalue weighted by atomic mass is 16.5. The first kappa shape index (κ1) is 17.3. The monoisotopic (exact) mass is 338 g/mol. The number of nitrogens with two attached hydrogens (primary N) is 1. The Labute approximate surface area is 149 Å². The standard InChI is InChI=1S/C21H26N2O2/c1-14-7-8-16-9-10-17(22)13-19(16)21(14)23(2)20(24)12-15-5-4-6-18(11-15)25-3/h4-6,9-11,13-14,21H,7-8,12,22H2,1-3H3/t14-,21?/m1/s1. The van der Waals surface area contributed by atoms with Gasteiger partial charge in [-0.05, 0) is 59.7 Å². The third-order valence-corrected chi connectivity index (χ3v) is 5.20. The van der Waals surface area contributed by atoms with E-state index in [1.165, 1.54) is 11.1 Å². The van der Waals surface area contributed by atoms with Crippen LogP contribution in [0.4, 0.5) is 5.69 Å². The van der Waals surface area contributed by atoms with Gasteiger partial charge in [-0.3, -0.25) is 4.79 Å². The number of hydrogen-bond donors (Lipinski definition) is 1. The Bertz CT molecular complexity index is 772. The molecule has 4 nitrogen and oxygen atoms in total. The lowest BCUT2D eigenvalue weighted by Crippen LogP contribution is -2.38. The Hall–Kier alpha value is -2.49. The van der Waals surface area contributed by atoms with Gasteiger partial charge in [-0.1, -0.05) is 25.1 Å². The zero-order chi connectivity index (χ0) is 18.0. The highest BCUT2D eigenvalue weighted by molar-refractivity contribution is 5.79. The molecule has 132 valence electrons. The largest absolute Gasteiger partial charge is 0.497 e. The first-order chi connectivity index (χ1) is 12.0. The molecule has 0 aliphatic heterocycles. The molecule has 0 bridgehead atoms. The number of carbonyl (C=O) groups is 1. The van der Waals surface area contributed by atoms with Crippen LogP contribution in [0.1, 0.15) is 36.1 Å². The number of hydrogen-bond acceptors (Lipinski definition) is 3. The predicted molar refractivity (Wildman–Crippen MR) is 101 cm³/mol. The molecule has 1 amide bonds. The molecule has 1 aliphatic carbocycles. The molecule has 0 heterocycles. The van der Waals surface area contributed by atoms with Gasteiger partial charge < -0.3 is 15.4 Å². The number of likely N-dealkylation sites (N-methyl/N-ethyl adjacent to an activating group) is 1. The third-order valence-electron chi connectivity index (χ3n) is 5.20. The van der Waals surface area contributed by atoms with Crippen molar-refractivity contribution in [2.75, 3.05) is 19.9 Å². The van der Waals surface area contributed by atoms with E-state index < -0.39 is 0 Å². The maximum atomic E-state index is 12.9. The van der Waals surface area contributed by atoms with Gasteiger partial charge >= 0.3 is 0 Å². The summed E-state index contributed by atoms with van der Waals surface area (Å²) in [5, 5.41) is 0. The highest BCUT2D eigenvalue weighted by Gasteiger charge is 2.32. The van der Waals surface area contributed by atoms with Crippen LogP contribution < -0.4 is 10.5 Å². The van der Waals surface area contributed by atoms with Crippen molar-refractivity contribution in [3.8, 4) is 5.75 Å². The quantitative estimate of drug-likeness (QED) is 0.867. The van der Waals surface area contributed by atoms with Crippen molar-refractivity contribution >= 4 is 11.6 Å². The number of anilines is 1. The van der Waals surface area contributed by atoms with E-state index in [4.69, 9.17) is 10.5 Å². The van der Waals surface area contributed by atoms with Crippen molar-refractivity contribution in [3.63, 3.8) is 0 Å². The summed E-state index contributed by atoms with van der Waals surface area (Å²) < 4.78 is 5.25. The van der Waals surface area contributed by atoms with Crippen LogP contribution in [0.15, 0.2) is 42.5 Å². The average Bonchev–Trinajstić information content (AvgIpc) is 2.61. The molecule has 2 aromatic rings. The summed E-state index contributed by atoms with van der Waals surface area (Å²) in [7, 11) is 3.54. The minimum absolute atomic E-state index is 0.0744. The van der Waals surface area contributed by atoms with Gasteiger partial charge in [0.05, 0.1) is 19.6 Å². The normalized spacial score (nSPS) is 19.2. The second-order valence-electron chi connectivity index (χ2n) is 6.95. The lowest BCUT2D eigenvalue weighted by atomic mass is 9.79. The van der Waals surface area contributed by atoms with E-state index in [1.54, 1.807) is 7.11 Å². The fraction of sp³-hybridized carbons (Fsp3) is 0.381. The maximum Gasteiger partial charge on any atom is 0.227 e. The van der Waals surface area contributed by atoms with Crippen LogP contribution in [-0.2, 0) is 17.6 Å². The van der Waals surface area contributed by atoms with Gasteiger partial charge in [0.15, 0.2) is 0 Å². The van der Waals surface area contributed by atoms with Crippen LogP contribution in [0.3, 0.4) is 0 Å². The van der Waals surface area contributed by atoms with Crippen molar-refractivity contribution in [1.29, 1.82) is 0 Å². The van der Waals surface area contributed by atoms with Crippen LogP contribution in [0, 0.1) is 5.92 Å². The van der Waals surface area contributed by atoms with Gasteiger partial charge in [0, 0.05) is 12.7 Å². The second-order valence-corrected chi connectivity index (χ2v) is 6.95. The molecule has 2 atom stereocenters. The number of nitrogens with zero attached hydrogens (tertiary/aromatic N) is 1. The fourth-order valence-electron chi connectivity index (χ4n) is 3.79. The fourth-order valence-corrected chi connectivity index (χ4v) is 3.79. The Morgan fingerprint density at radius 2 is 2.08 bits per heavy atom. The van der Waals surface area contributed by atoms with Crippen LogP contribution in [0.25, 0.3) is 0 Å². The molecule has 1 unspecified atom stereocenters. The number of amides is 1. The number of ether oxygens (including phenoxy) is 1. The van der Waals surface area contributed by atoms with E-state index in [2.05, 4.69) is 13.0 Å². The number of benzene rings is 2. The lowest BCUT2D eigenvalue weighted by Gasteiger charge is -2.38.